The van der Waals surface area contributed by atoms with Gasteiger partial charge in [0.15, 0.2) is 0 Å². The number of ether oxygens (including phenoxy) is 1. The van der Waals surface area contributed by atoms with E-state index in [4.69, 9.17) is 21.6 Å². The van der Waals surface area contributed by atoms with E-state index >= 15 is 0 Å². The van der Waals surface area contributed by atoms with Crippen LogP contribution in [-0.4, -0.2) is 223 Å². The molecule has 1 aromatic rings. The molecule has 6 atom stereocenters. The van der Waals surface area contributed by atoms with Gasteiger partial charge in [-0.15, -0.1) is 19.7 Å². The van der Waals surface area contributed by atoms with E-state index < -0.39 is 5.97 Å². The highest BCUT2D eigenvalue weighted by Crippen LogP contribution is 2.25. The molecule has 0 spiro atoms. The Morgan fingerprint density at radius 1 is 0.592 bits per heavy atom. The highest BCUT2D eigenvalue weighted by Gasteiger charge is 2.23. The second kappa shape index (κ2) is 61.8. The van der Waals surface area contributed by atoms with E-state index in [2.05, 4.69) is 166 Å². The summed E-state index contributed by atoms with van der Waals surface area (Å²) in [5.41, 5.74) is 0.222. The minimum absolute atomic E-state index is 0.135. The maximum Gasteiger partial charge on any atom is 0.372 e. The molecular formula is C80H143ClN12O5. The van der Waals surface area contributed by atoms with Crippen LogP contribution in [0.4, 0.5) is 0 Å². The molecule has 6 unspecified atom stereocenters. The number of nitriles is 2. The Bertz CT molecular complexity index is 2230. The molecule has 0 aliphatic carbocycles. The van der Waals surface area contributed by atoms with Gasteiger partial charge in [0.1, 0.15) is 0 Å². The molecule has 5 heterocycles. The Morgan fingerprint density at radius 2 is 1.03 bits per heavy atom. The van der Waals surface area contributed by atoms with Gasteiger partial charge in [0.2, 0.25) is 0 Å². The summed E-state index contributed by atoms with van der Waals surface area (Å²) < 4.78 is 5.06. The van der Waals surface area contributed by atoms with Gasteiger partial charge in [0.25, 0.3) is 0 Å². The van der Waals surface area contributed by atoms with Crippen LogP contribution in [0, 0.1) is 64.1 Å². The lowest BCUT2D eigenvalue weighted by Gasteiger charge is -2.35. The zero-order valence-corrected chi connectivity index (χ0v) is 63.6. The van der Waals surface area contributed by atoms with Gasteiger partial charge in [-0.1, -0.05) is 115 Å². The largest absolute Gasteiger partial charge is 0.392 e. The van der Waals surface area contributed by atoms with E-state index in [1.807, 2.05) is 6.08 Å². The zero-order valence-electron chi connectivity index (χ0n) is 62.8. The lowest BCUT2D eigenvalue weighted by atomic mass is 9.88. The number of epoxide rings is 1. The van der Waals surface area contributed by atoms with Crippen molar-refractivity contribution < 1.29 is 24.8 Å². The molecule has 18 heteroatoms. The van der Waals surface area contributed by atoms with Gasteiger partial charge in [-0.25, -0.2) is 4.79 Å². The minimum Gasteiger partial charge on any atom is -0.392 e. The van der Waals surface area contributed by atoms with Crippen molar-refractivity contribution in [2.24, 2.45) is 41.4 Å². The van der Waals surface area contributed by atoms with Crippen molar-refractivity contribution in [3.05, 3.63) is 97.1 Å². The number of hydrogen-bond acceptors (Lipinski definition) is 17. The number of β-amino-alcohol motifs (C(OH)–C–C–N with tert-alkyl or cyclic N) is 1. The normalized spacial score (nSPS) is 18.7. The van der Waals surface area contributed by atoms with Crippen molar-refractivity contribution >= 4 is 17.6 Å². The number of rotatable bonds is 46. The maximum absolute atomic E-state index is 10.6. The second-order valence-corrected chi connectivity index (χ2v) is 29.3. The van der Waals surface area contributed by atoms with Gasteiger partial charge >= 0.3 is 5.97 Å². The zero-order chi connectivity index (χ0) is 71.5. The Morgan fingerprint density at radius 3 is 1.43 bits per heavy atom. The number of halogens is 1. The van der Waals surface area contributed by atoms with E-state index in [-0.39, 0.29) is 23.5 Å². The van der Waals surface area contributed by atoms with E-state index in [1.165, 1.54) is 90.1 Å². The predicted molar refractivity (Wildman–Crippen MR) is 413 cm³/mol. The molecule has 5 aliphatic rings. The molecule has 5 saturated heterocycles. The fourth-order valence-corrected chi connectivity index (χ4v) is 12.5. The number of nitrogens with zero attached hydrogens (tertiary/aromatic N) is 7. The molecule has 0 radical (unpaired) electrons. The van der Waals surface area contributed by atoms with Crippen molar-refractivity contribution in [1.29, 1.82) is 10.5 Å². The number of benzene rings is 1. The first kappa shape index (κ1) is 90.2. The van der Waals surface area contributed by atoms with Crippen LogP contribution in [0.2, 0.25) is 5.02 Å². The van der Waals surface area contributed by atoms with Crippen LogP contribution in [0.3, 0.4) is 0 Å². The van der Waals surface area contributed by atoms with Crippen molar-refractivity contribution in [1.82, 2.24) is 51.1 Å². The molecule has 6 rings (SSSR count). The summed E-state index contributed by atoms with van der Waals surface area (Å²) in [5.74, 6) is 2.71. The molecule has 0 aromatic heterocycles. The number of unbranched alkanes of at least 4 members (excludes halogenated alkanes) is 2. The summed E-state index contributed by atoms with van der Waals surface area (Å²) in [7, 11) is 0. The quantitative estimate of drug-likeness (QED) is 0.0107. The van der Waals surface area contributed by atoms with Crippen LogP contribution >= 0.6 is 11.6 Å². The first-order chi connectivity index (χ1) is 47.6. The first-order valence-corrected chi connectivity index (χ1v) is 39.0. The number of nitrogens with one attached hydrogen (secondary N) is 5. The minimum atomic E-state index is -0.813. The first-order valence-electron chi connectivity index (χ1n) is 38.6. The third-order valence-electron chi connectivity index (χ3n) is 18.9. The molecule has 5 aliphatic heterocycles. The Balaban J connectivity index is 0.000000491. The van der Waals surface area contributed by atoms with Crippen LogP contribution in [0.15, 0.2) is 86.5 Å². The van der Waals surface area contributed by atoms with Crippen molar-refractivity contribution in [2.45, 2.75) is 182 Å². The maximum atomic E-state index is 10.6. The highest BCUT2D eigenvalue weighted by molar-refractivity contribution is 6.30. The smallest absolute Gasteiger partial charge is 0.372 e. The van der Waals surface area contributed by atoms with Gasteiger partial charge in [0.05, 0.1) is 36.5 Å². The van der Waals surface area contributed by atoms with Gasteiger partial charge in [-0.3, -0.25) is 19.6 Å². The summed E-state index contributed by atoms with van der Waals surface area (Å²) in [6.45, 7) is 53.9. The van der Waals surface area contributed by atoms with Gasteiger partial charge in [-0.2, -0.15) is 15.8 Å². The summed E-state index contributed by atoms with van der Waals surface area (Å²) in [5, 5.41) is 55.3. The van der Waals surface area contributed by atoms with Gasteiger partial charge in [0, 0.05) is 154 Å². The molecule has 17 nitrogen and oxygen atoms in total. The molecular weight excluding hydrogens is 1240 g/mol. The summed E-state index contributed by atoms with van der Waals surface area (Å²) in [4.78, 5) is 26.7. The summed E-state index contributed by atoms with van der Waals surface area (Å²) >= 11 is 5.56. The number of piperazine rings is 4. The molecule has 0 bridgehead atoms. The van der Waals surface area contributed by atoms with Crippen LogP contribution in [0.5, 0.6) is 0 Å². The molecule has 5 fully saturated rings. The van der Waals surface area contributed by atoms with Crippen molar-refractivity contribution in [3.8, 4) is 12.1 Å². The molecule has 0 amide bonds. The number of carbonyl (C=O) groups is 1. The number of hydrogen-bond donors (Lipinski definition) is 7. The second-order valence-electron chi connectivity index (χ2n) is 28.9. The van der Waals surface area contributed by atoms with E-state index in [1.54, 1.807) is 12.1 Å². The fraction of sp³-hybridized carbons (Fsp3) is 0.762. The van der Waals surface area contributed by atoms with E-state index in [0.717, 1.165) is 233 Å². The summed E-state index contributed by atoms with van der Waals surface area (Å²) in [6.07, 6.45) is 37.9. The Labute approximate surface area is 604 Å². The van der Waals surface area contributed by atoms with Crippen molar-refractivity contribution in [2.75, 3.05) is 170 Å². The standard InChI is InChI=1S/C33H62N6O.C26H48N6.C7H5ClO3.C7H14O.C7H14/c1-4-31(11-7-5-6-9-15-35-16-20-38-21-17-36-18-22-38)27-32(28-34)12-8-10-19-37-23-25-39(26-24-37)29-33(40)14-13-30(2)3;1-2-25(23-26(24-27)10-6-8-17-31-18-13-29-14-19-31)9-5-3-4-7-11-28-12-20-32-21-15-30-16-22-32;8-6-3-1-2-5(4-6)7(9)11-10;1-6(2)3-4-7-5-8-7;1-4-5-6-7(2)3/h4-6,30-33,35-36,40H,1,7-27,29H2,2-3H3;2-4,25-26,28-30H,1,5-23H2;1-4,10H;6-7H,3-5H2,1-2H3;4,7H,1,5-6H2,2-3H3/b6-5+;4-3+;;;. The molecule has 560 valence electrons. The SMILES string of the molecule is C=CC(CC/C=C/CCNCCN1CCNCC1)CC(C#N)CCCCN1CCN(CC(O)CCC(C)C)CC1.C=CC(CC/C=C/CCNCCN1CCNCC1)CC(C#N)CCCCN1CCNCC1.C=CCCC(C)C.CC(C)CCC1CO1.O=C(OO)c1cccc(Cl)c1. The molecule has 1 aromatic carbocycles. The van der Waals surface area contributed by atoms with Gasteiger partial charge in [-0.05, 0) is 190 Å². The highest BCUT2D eigenvalue weighted by atomic mass is 35.5. The lowest BCUT2D eigenvalue weighted by molar-refractivity contribution is -0.182. The average Bonchev–Trinajstić information content (AvgIpc) is 1.36. The lowest BCUT2D eigenvalue weighted by Crippen LogP contribution is -2.48. The topological polar surface area (TPSA) is 203 Å². The number of aliphatic hydroxyl groups excluding tert-OH is 1. The van der Waals surface area contributed by atoms with Crippen molar-refractivity contribution in [3.63, 3.8) is 0 Å². The Kier molecular flexibility index (Phi) is 56.9. The van der Waals surface area contributed by atoms with E-state index in [0.29, 0.717) is 28.9 Å². The number of allylic oxidation sites excluding steroid dienone is 5. The third kappa shape index (κ3) is 52.2. The van der Waals surface area contributed by atoms with Crippen LogP contribution in [-0.2, 0) is 9.62 Å². The Hall–Kier alpha value is -3.86. The molecule has 7 N–H and O–H groups in total. The monoisotopic (exact) mass is 1390 g/mol. The van der Waals surface area contributed by atoms with Crippen LogP contribution in [0.25, 0.3) is 0 Å². The predicted octanol–water partition coefficient (Wildman–Crippen LogP) is 13.1. The fourth-order valence-electron chi connectivity index (χ4n) is 12.3. The number of carbonyl (C=O) groups excluding carboxylic acids is 1. The number of aliphatic hydroxyl groups is 1. The van der Waals surface area contributed by atoms with E-state index in [9.17, 15) is 20.4 Å². The average molecular weight is 1390 g/mol. The molecule has 0 saturated carbocycles. The molecule has 98 heavy (non-hydrogen) atoms. The summed E-state index contributed by atoms with van der Waals surface area (Å²) in [6, 6.07) is 11.2. The van der Waals surface area contributed by atoms with Gasteiger partial charge < -0.3 is 46.2 Å². The van der Waals surface area contributed by atoms with Crippen LogP contribution in [0.1, 0.15) is 180 Å². The third-order valence-corrected chi connectivity index (χ3v) is 19.1. The van der Waals surface area contributed by atoms with Crippen LogP contribution < -0.4 is 26.6 Å².